The molecule has 0 aliphatic heterocycles. The minimum Gasteiger partial charge on any atom is -0.480 e. The Labute approximate surface area is 167 Å². The van der Waals surface area contributed by atoms with Crippen molar-refractivity contribution >= 4 is 23.7 Å². The van der Waals surface area contributed by atoms with E-state index in [4.69, 9.17) is 10.8 Å². The highest BCUT2D eigenvalue weighted by Crippen LogP contribution is 2.09. The molecule has 4 unspecified atom stereocenters. The molecular weight excluding hydrogens is 364 g/mol. The van der Waals surface area contributed by atoms with Crippen LogP contribution in [0.4, 0.5) is 0 Å². The fourth-order valence-corrected chi connectivity index (χ4v) is 2.51. The van der Waals surface area contributed by atoms with E-state index in [0.717, 1.165) is 6.42 Å². The second-order valence-electron chi connectivity index (χ2n) is 7.95. The van der Waals surface area contributed by atoms with Crippen molar-refractivity contribution < 1.29 is 24.3 Å². The highest BCUT2D eigenvalue weighted by molar-refractivity contribution is 5.92. The van der Waals surface area contributed by atoms with Crippen LogP contribution in [0.3, 0.4) is 0 Å². The number of aliphatic carboxylic acids is 1. The summed E-state index contributed by atoms with van der Waals surface area (Å²) in [5.41, 5.74) is 5.92. The number of hydrogen-bond acceptors (Lipinski definition) is 5. The molecule has 162 valence electrons. The summed E-state index contributed by atoms with van der Waals surface area (Å²) >= 11 is 0. The van der Waals surface area contributed by atoms with Gasteiger partial charge in [0.2, 0.25) is 17.7 Å². The zero-order chi connectivity index (χ0) is 22.0. The molecule has 0 aliphatic carbocycles. The van der Waals surface area contributed by atoms with Gasteiger partial charge in [-0.2, -0.15) is 0 Å². The van der Waals surface area contributed by atoms with Crippen molar-refractivity contribution in [3.8, 4) is 0 Å². The summed E-state index contributed by atoms with van der Waals surface area (Å²) in [4.78, 5) is 47.9. The van der Waals surface area contributed by atoms with Crippen LogP contribution in [0.2, 0.25) is 0 Å². The summed E-state index contributed by atoms with van der Waals surface area (Å²) in [6.45, 7) is 10.6. The molecule has 0 aromatic heterocycles. The number of amides is 3. The SMILES string of the molecule is CCC(C)C(N)C(=O)NC(CC(C)C)C(=O)NCC(=O)NC(C(=O)O)C(C)C. The molecule has 0 radical (unpaired) electrons. The molecule has 0 rings (SSSR count). The van der Waals surface area contributed by atoms with E-state index in [2.05, 4.69) is 16.0 Å². The highest BCUT2D eigenvalue weighted by atomic mass is 16.4. The third-order valence-corrected chi connectivity index (χ3v) is 4.57. The van der Waals surface area contributed by atoms with Crippen LogP contribution in [0.5, 0.6) is 0 Å². The van der Waals surface area contributed by atoms with E-state index in [1.54, 1.807) is 13.8 Å². The lowest BCUT2D eigenvalue weighted by Crippen LogP contribution is -2.55. The van der Waals surface area contributed by atoms with Gasteiger partial charge in [-0.3, -0.25) is 14.4 Å². The highest BCUT2D eigenvalue weighted by Gasteiger charge is 2.28. The molecule has 28 heavy (non-hydrogen) atoms. The van der Waals surface area contributed by atoms with Crippen LogP contribution in [0.25, 0.3) is 0 Å². The number of carboxylic acids is 1. The zero-order valence-electron chi connectivity index (χ0n) is 17.7. The number of nitrogens with one attached hydrogen (secondary N) is 3. The second kappa shape index (κ2) is 12.3. The molecule has 9 nitrogen and oxygen atoms in total. The normalized spacial score (nSPS) is 15.5. The molecule has 0 spiro atoms. The van der Waals surface area contributed by atoms with Gasteiger partial charge in [0, 0.05) is 0 Å². The first-order chi connectivity index (χ1) is 12.9. The van der Waals surface area contributed by atoms with Crippen LogP contribution in [-0.2, 0) is 19.2 Å². The van der Waals surface area contributed by atoms with Crippen LogP contribution < -0.4 is 21.7 Å². The number of carbonyl (C=O) groups excluding carboxylic acids is 3. The monoisotopic (exact) mass is 400 g/mol. The maximum absolute atomic E-state index is 12.5. The fraction of sp³-hybridized carbons (Fsp3) is 0.789. The Hall–Kier alpha value is -2.16. The predicted octanol–water partition coefficient (Wildman–Crippen LogP) is 0.232. The molecule has 0 saturated carbocycles. The molecule has 6 N–H and O–H groups in total. The number of hydrogen-bond donors (Lipinski definition) is 5. The van der Waals surface area contributed by atoms with Gasteiger partial charge in [-0.15, -0.1) is 0 Å². The Balaban J connectivity index is 4.88. The van der Waals surface area contributed by atoms with E-state index in [0.29, 0.717) is 6.42 Å². The molecule has 9 heteroatoms. The molecule has 0 aliphatic rings. The Bertz CT molecular complexity index is 550. The minimum atomic E-state index is -1.14. The topological polar surface area (TPSA) is 151 Å². The summed E-state index contributed by atoms with van der Waals surface area (Å²) in [7, 11) is 0. The lowest BCUT2D eigenvalue weighted by Gasteiger charge is -2.24. The van der Waals surface area contributed by atoms with Crippen LogP contribution in [0.1, 0.15) is 54.4 Å². The van der Waals surface area contributed by atoms with Crippen molar-refractivity contribution in [2.24, 2.45) is 23.5 Å². The number of carboxylic acid groups (broad SMARTS) is 1. The first kappa shape index (κ1) is 25.8. The molecular formula is C19H36N4O5. The third kappa shape index (κ3) is 9.16. The predicted molar refractivity (Wildman–Crippen MR) is 106 cm³/mol. The number of nitrogens with two attached hydrogens (primary N) is 1. The van der Waals surface area contributed by atoms with Crippen LogP contribution in [0.15, 0.2) is 0 Å². The molecule has 0 fully saturated rings. The summed E-state index contributed by atoms with van der Waals surface area (Å²) < 4.78 is 0. The van der Waals surface area contributed by atoms with Gasteiger partial charge >= 0.3 is 5.97 Å². The van der Waals surface area contributed by atoms with E-state index < -0.39 is 41.8 Å². The van der Waals surface area contributed by atoms with Gasteiger partial charge in [0.05, 0.1) is 12.6 Å². The molecule has 3 amide bonds. The van der Waals surface area contributed by atoms with Gasteiger partial charge in [0.15, 0.2) is 0 Å². The van der Waals surface area contributed by atoms with E-state index >= 15 is 0 Å². The van der Waals surface area contributed by atoms with Crippen molar-refractivity contribution in [3.05, 3.63) is 0 Å². The molecule has 0 saturated heterocycles. The van der Waals surface area contributed by atoms with Crippen molar-refractivity contribution in [1.82, 2.24) is 16.0 Å². The average molecular weight is 401 g/mol. The van der Waals surface area contributed by atoms with Crippen LogP contribution in [0, 0.1) is 17.8 Å². The standard InChI is InChI=1S/C19H36N4O5/c1-7-12(6)15(20)18(26)22-13(8-10(2)3)17(25)21-9-14(24)23-16(11(4)5)19(27)28/h10-13,15-16H,7-9,20H2,1-6H3,(H,21,25)(H,22,26)(H,23,24)(H,27,28). The number of carbonyl (C=O) groups is 4. The van der Waals surface area contributed by atoms with Gasteiger partial charge in [-0.1, -0.05) is 48.0 Å². The van der Waals surface area contributed by atoms with Crippen molar-refractivity contribution in [2.75, 3.05) is 6.54 Å². The van der Waals surface area contributed by atoms with Gasteiger partial charge < -0.3 is 26.8 Å². The van der Waals surface area contributed by atoms with E-state index in [1.165, 1.54) is 0 Å². The third-order valence-electron chi connectivity index (χ3n) is 4.57. The average Bonchev–Trinajstić information content (AvgIpc) is 2.60. The van der Waals surface area contributed by atoms with E-state index in [-0.39, 0.29) is 24.3 Å². The zero-order valence-corrected chi connectivity index (χ0v) is 17.7. The van der Waals surface area contributed by atoms with Gasteiger partial charge in [0.25, 0.3) is 0 Å². The lowest BCUT2D eigenvalue weighted by atomic mass is 9.97. The maximum atomic E-state index is 12.5. The Morgan fingerprint density at radius 3 is 1.96 bits per heavy atom. The smallest absolute Gasteiger partial charge is 0.326 e. The quantitative estimate of drug-likeness (QED) is 0.316. The molecule has 4 atom stereocenters. The summed E-state index contributed by atoms with van der Waals surface area (Å²) in [6.07, 6.45) is 1.12. The van der Waals surface area contributed by atoms with Gasteiger partial charge in [-0.05, 0) is 24.2 Å². The van der Waals surface area contributed by atoms with Crippen molar-refractivity contribution in [3.63, 3.8) is 0 Å². The Morgan fingerprint density at radius 1 is 0.964 bits per heavy atom. The first-order valence-electron chi connectivity index (χ1n) is 9.76. The summed E-state index contributed by atoms with van der Waals surface area (Å²) in [6, 6.07) is -2.59. The second-order valence-corrected chi connectivity index (χ2v) is 7.95. The van der Waals surface area contributed by atoms with Gasteiger partial charge in [0.1, 0.15) is 12.1 Å². The summed E-state index contributed by atoms with van der Waals surface area (Å²) in [5, 5.41) is 16.6. The van der Waals surface area contributed by atoms with Crippen molar-refractivity contribution in [1.29, 1.82) is 0 Å². The summed E-state index contributed by atoms with van der Waals surface area (Å²) in [5.74, 6) is -2.87. The lowest BCUT2D eigenvalue weighted by molar-refractivity contribution is -0.143. The van der Waals surface area contributed by atoms with E-state index in [9.17, 15) is 19.2 Å². The van der Waals surface area contributed by atoms with Gasteiger partial charge in [-0.25, -0.2) is 4.79 Å². The maximum Gasteiger partial charge on any atom is 0.326 e. The molecule has 0 aromatic rings. The molecule has 0 bridgehead atoms. The van der Waals surface area contributed by atoms with Crippen LogP contribution >= 0.6 is 0 Å². The fourth-order valence-electron chi connectivity index (χ4n) is 2.51. The first-order valence-corrected chi connectivity index (χ1v) is 9.76. The molecule has 0 aromatic carbocycles. The largest absolute Gasteiger partial charge is 0.480 e. The van der Waals surface area contributed by atoms with Crippen molar-refractivity contribution in [2.45, 2.75) is 72.5 Å². The van der Waals surface area contributed by atoms with E-state index in [1.807, 2.05) is 27.7 Å². The Morgan fingerprint density at radius 2 is 1.54 bits per heavy atom. The number of rotatable bonds is 12. The minimum absolute atomic E-state index is 0.0301. The molecule has 0 heterocycles. The Kier molecular flexibility index (Phi) is 11.4. The van der Waals surface area contributed by atoms with Crippen LogP contribution in [-0.4, -0.2) is 53.5 Å².